The van der Waals surface area contributed by atoms with Crippen LogP contribution in [0.3, 0.4) is 0 Å². The van der Waals surface area contributed by atoms with Gasteiger partial charge in [-0.1, -0.05) is 0 Å². The second-order valence-corrected chi connectivity index (χ2v) is 6.22. The Morgan fingerprint density at radius 2 is 2.36 bits per heavy atom. The van der Waals surface area contributed by atoms with Crippen molar-refractivity contribution in [3.05, 3.63) is 11.8 Å². The van der Waals surface area contributed by atoms with Gasteiger partial charge in [0.05, 0.1) is 24.4 Å². The van der Waals surface area contributed by atoms with Gasteiger partial charge in [-0.3, -0.25) is 4.79 Å². The highest BCUT2D eigenvalue weighted by atomic mass is 16.5. The zero-order valence-corrected chi connectivity index (χ0v) is 13.0. The number of nitrogens with one attached hydrogen (secondary N) is 1. The minimum atomic E-state index is -0.120. The number of nitrogen functional groups attached to an aromatic ring is 1. The molecule has 2 atom stereocenters. The third-order valence-electron chi connectivity index (χ3n) is 4.11. The Balaban J connectivity index is 1.52. The molecule has 122 valence electrons. The van der Waals surface area contributed by atoms with Gasteiger partial charge in [-0.05, 0) is 32.1 Å². The third-order valence-corrected chi connectivity index (χ3v) is 4.11. The van der Waals surface area contributed by atoms with E-state index < -0.39 is 0 Å². The number of nitrogens with zero attached hydrogens (tertiary/aromatic N) is 2. The summed E-state index contributed by atoms with van der Waals surface area (Å²) >= 11 is 0. The Bertz CT molecular complexity index is 527. The van der Waals surface area contributed by atoms with Gasteiger partial charge in [0.1, 0.15) is 12.4 Å². The van der Waals surface area contributed by atoms with Gasteiger partial charge in [-0.25, -0.2) is 4.68 Å². The van der Waals surface area contributed by atoms with Gasteiger partial charge in [-0.2, -0.15) is 5.10 Å². The molecule has 22 heavy (non-hydrogen) atoms. The number of aryl methyl sites for hydroxylation is 1. The van der Waals surface area contributed by atoms with E-state index >= 15 is 0 Å². The second kappa shape index (κ2) is 6.66. The molecule has 1 saturated carbocycles. The number of ether oxygens (including phenoxy) is 2. The number of amides is 1. The van der Waals surface area contributed by atoms with Crippen LogP contribution in [0, 0.1) is 12.8 Å². The van der Waals surface area contributed by atoms with Crippen LogP contribution in [0.1, 0.15) is 25.0 Å². The molecular weight excluding hydrogens is 284 g/mol. The highest BCUT2D eigenvalue weighted by molar-refractivity contribution is 5.76. The minimum Gasteiger partial charge on any atom is -0.384 e. The molecule has 1 aromatic rings. The Kier molecular flexibility index (Phi) is 4.63. The van der Waals surface area contributed by atoms with E-state index in [0.29, 0.717) is 24.9 Å². The molecule has 3 N–H and O–H groups in total. The topological polar surface area (TPSA) is 91.4 Å². The largest absolute Gasteiger partial charge is 0.384 e. The fraction of sp³-hybridized carbons (Fsp3) is 0.733. The van der Waals surface area contributed by atoms with Crippen molar-refractivity contribution in [1.82, 2.24) is 15.1 Å². The summed E-state index contributed by atoms with van der Waals surface area (Å²) in [4.78, 5) is 12.2. The summed E-state index contributed by atoms with van der Waals surface area (Å²) in [5.41, 5.74) is 6.61. The standard InChI is InChI=1S/C15H24N4O3/c1-10-6-14(16)19(18-10)7-15(20)17-12-9-21-5-4-13(12)22-8-11-2-3-11/h6,11-13H,2-5,7-9,16H2,1H3,(H,17,20)/t12-,13+/m1/s1. The molecule has 1 aliphatic heterocycles. The van der Waals surface area contributed by atoms with Crippen LogP contribution >= 0.6 is 0 Å². The first-order valence-corrected chi connectivity index (χ1v) is 7.90. The fourth-order valence-corrected chi connectivity index (χ4v) is 2.68. The molecule has 0 spiro atoms. The molecule has 0 bridgehead atoms. The normalized spacial score (nSPS) is 25.1. The Morgan fingerprint density at radius 1 is 1.55 bits per heavy atom. The highest BCUT2D eigenvalue weighted by Gasteiger charge is 2.30. The van der Waals surface area contributed by atoms with Crippen molar-refractivity contribution in [1.29, 1.82) is 0 Å². The number of anilines is 1. The Morgan fingerprint density at radius 3 is 3.05 bits per heavy atom. The van der Waals surface area contributed by atoms with Crippen molar-refractivity contribution in [3.8, 4) is 0 Å². The number of rotatable bonds is 6. The summed E-state index contributed by atoms with van der Waals surface area (Å²) in [6.45, 7) is 3.94. The Labute approximate surface area is 130 Å². The molecule has 0 radical (unpaired) electrons. The van der Waals surface area contributed by atoms with Crippen LogP contribution < -0.4 is 11.1 Å². The molecule has 0 aromatic carbocycles. The minimum absolute atomic E-state index is 0.0370. The molecule has 7 heteroatoms. The van der Waals surface area contributed by atoms with Crippen LogP contribution in [0.15, 0.2) is 6.07 Å². The van der Waals surface area contributed by atoms with Crippen molar-refractivity contribution in [2.24, 2.45) is 5.92 Å². The molecule has 7 nitrogen and oxygen atoms in total. The molecule has 2 aliphatic rings. The fourth-order valence-electron chi connectivity index (χ4n) is 2.68. The average molecular weight is 308 g/mol. The first-order valence-electron chi connectivity index (χ1n) is 7.90. The van der Waals surface area contributed by atoms with E-state index in [0.717, 1.165) is 18.7 Å². The molecule has 1 amide bonds. The number of nitrogens with two attached hydrogens (primary N) is 1. The third kappa shape index (κ3) is 3.98. The molecule has 1 aromatic heterocycles. The van der Waals surface area contributed by atoms with Gasteiger partial charge in [0.2, 0.25) is 5.91 Å². The van der Waals surface area contributed by atoms with E-state index in [1.807, 2.05) is 6.92 Å². The molecule has 2 fully saturated rings. The van der Waals surface area contributed by atoms with Crippen LogP contribution in [-0.4, -0.2) is 47.7 Å². The van der Waals surface area contributed by atoms with Crippen molar-refractivity contribution < 1.29 is 14.3 Å². The van der Waals surface area contributed by atoms with Gasteiger partial charge < -0.3 is 20.5 Å². The predicted molar refractivity (Wildman–Crippen MR) is 81.2 cm³/mol. The summed E-state index contributed by atoms with van der Waals surface area (Å²) in [5, 5.41) is 7.19. The molecule has 1 saturated heterocycles. The summed E-state index contributed by atoms with van der Waals surface area (Å²) in [7, 11) is 0. The van der Waals surface area contributed by atoms with E-state index in [-0.39, 0.29) is 24.6 Å². The maximum absolute atomic E-state index is 12.2. The maximum Gasteiger partial charge on any atom is 0.242 e. The summed E-state index contributed by atoms with van der Waals surface area (Å²) < 4.78 is 12.9. The predicted octanol–water partition coefficient (Wildman–Crippen LogP) is 0.474. The molecule has 1 aliphatic carbocycles. The monoisotopic (exact) mass is 308 g/mol. The average Bonchev–Trinajstić information content (AvgIpc) is 3.24. The molecule has 3 rings (SSSR count). The summed E-state index contributed by atoms with van der Waals surface area (Å²) in [6, 6.07) is 1.65. The Hall–Kier alpha value is -1.60. The molecule has 0 unspecified atom stereocenters. The van der Waals surface area contributed by atoms with Crippen molar-refractivity contribution >= 4 is 11.7 Å². The smallest absolute Gasteiger partial charge is 0.242 e. The number of hydrogen-bond donors (Lipinski definition) is 2. The summed E-state index contributed by atoms with van der Waals surface area (Å²) in [5.74, 6) is 1.09. The van der Waals surface area contributed by atoms with Crippen molar-refractivity contribution in [2.45, 2.75) is 44.9 Å². The van der Waals surface area contributed by atoms with E-state index in [9.17, 15) is 4.79 Å². The van der Waals surface area contributed by atoms with Gasteiger partial charge in [-0.15, -0.1) is 0 Å². The van der Waals surface area contributed by atoms with Gasteiger partial charge in [0.15, 0.2) is 0 Å². The van der Waals surface area contributed by atoms with Crippen LogP contribution in [0.2, 0.25) is 0 Å². The lowest BCUT2D eigenvalue weighted by Crippen LogP contribution is -2.51. The first kappa shape index (κ1) is 15.3. The van der Waals surface area contributed by atoms with Gasteiger partial charge >= 0.3 is 0 Å². The zero-order valence-electron chi connectivity index (χ0n) is 13.0. The van der Waals surface area contributed by atoms with Gasteiger partial charge in [0, 0.05) is 19.3 Å². The van der Waals surface area contributed by atoms with Crippen LogP contribution in [0.25, 0.3) is 0 Å². The quantitative estimate of drug-likeness (QED) is 0.797. The van der Waals surface area contributed by atoms with E-state index in [2.05, 4.69) is 10.4 Å². The molecule has 2 heterocycles. The van der Waals surface area contributed by atoms with Gasteiger partial charge in [0.25, 0.3) is 0 Å². The van der Waals surface area contributed by atoms with E-state index in [1.165, 1.54) is 17.5 Å². The second-order valence-electron chi connectivity index (χ2n) is 6.22. The van der Waals surface area contributed by atoms with E-state index in [4.69, 9.17) is 15.2 Å². The maximum atomic E-state index is 12.2. The number of carbonyl (C=O) groups excluding carboxylic acids is 1. The van der Waals surface area contributed by atoms with Crippen molar-refractivity contribution in [2.75, 3.05) is 25.6 Å². The zero-order chi connectivity index (χ0) is 15.5. The van der Waals surface area contributed by atoms with Crippen LogP contribution in [0.4, 0.5) is 5.82 Å². The number of carbonyl (C=O) groups is 1. The van der Waals surface area contributed by atoms with Crippen LogP contribution in [-0.2, 0) is 20.8 Å². The first-order chi connectivity index (χ1) is 10.6. The number of hydrogen-bond acceptors (Lipinski definition) is 5. The lowest BCUT2D eigenvalue weighted by atomic mass is 10.1. The van der Waals surface area contributed by atoms with Crippen LogP contribution in [0.5, 0.6) is 0 Å². The number of aromatic nitrogens is 2. The lowest BCUT2D eigenvalue weighted by molar-refractivity contribution is -0.127. The summed E-state index contributed by atoms with van der Waals surface area (Å²) in [6.07, 6.45) is 3.38. The SMILES string of the molecule is Cc1cc(N)n(CC(=O)N[C@@H]2COCC[C@@H]2OCC2CC2)n1. The highest BCUT2D eigenvalue weighted by Crippen LogP contribution is 2.30. The molecular formula is C15H24N4O3. The van der Waals surface area contributed by atoms with Crippen molar-refractivity contribution in [3.63, 3.8) is 0 Å². The van der Waals surface area contributed by atoms with E-state index in [1.54, 1.807) is 6.07 Å². The lowest BCUT2D eigenvalue weighted by Gasteiger charge is -2.32.